The normalized spacial score (nSPS) is 12.2. The van der Waals surface area contributed by atoms with E-state index >= 15 is 0 Å². The van der Waals surface area contributed by atoms with E-state index in [0.29, 0.717) is 6.54 Å². The summed E-state index contributed by atoms with van der Waals surface area (Å²) in [7, 11) is 3.51. The Kier molecular flexibility index (Phi) is 5.96. The highest BCUT2D eigenvalue weighted by molar-refractivity contribution is 5.87. The molecule has 0 radical (unpaired) electrons. The van der Waals surface area contributed by atoms with E-state index in [4.69, 9.17) is 5.11 Å². The van der Waals surface area contributed by atoms with Crippen LogP contribution in [-0.4, -0.2) is 37.6 Å². The van der Waals surface area contributed by atoms with Gasteiger partial charge in [0, 0.05) is 32.4 Å². The Morgan fingerprint density at radius 3 is 2.67 bits per heavy atom. The molecule has 0 saturated carbocycles. The molecule has 2 N–H and O–H groups in total. The molecule has 1 amide bonds. The van der Waals surface area contributed by atoms with Gasteiger partial charge in [0.25, 0.3) is 0 Å². The minimum atomic E-state index is -0.983. The fraction of sp³-hybridized carbons (Fsp3) is 0.375. The number of hydrogen-bond donors (Lipinski definition) is 2. The highest BCUT2D eigenvalue weighted by atomic mass is 16.4. The lowest BCUT2D eigenvalue weighted by molar-refractivity contribution is -0.131. The molecule has 5 nitrogen and oxygen atoms in total. The Bertz CT molecular complexity index is 552. The molecule has 0 aliphatic heterocycles. The Balaban J connectivity index is 3.00. The van der Waals surface area contributed by atoms with E-state index in [1.54, 1.807) is 13.1 Å². The van der Waals surface area contributed by atoms with Crippen molar-refractivity contribution < 1.29 is 14.7 Å². The lowest BCUT2D eigenvalue weighted by Crippen LogP contribution is -2.34. The smallest absolute Gasteiger partial charge is 0.328 e. The number of carbonyl (C=O) groups excluding carboxylic acids is 1. The largest absolute Gasteiger partial charge is 0.478 e. The second kappa shape index (κ2) is 7.47. The first-order valence-corrected chi connectivity index (χ1v) is 6.79. The van der Waals surface area contributed by atoms with Crippen molar-refractivity contribution in [3.63, 3.8) is 0 Å². The predicted octanol–water partition coefficient (Wildman–Crippen LogP) is 1.91. The van der Waals surface area contributed by atoms with Crippen LogP contribution in [0, 0.1) is 12.8 Å². The minimum absolute atomic E-state index is 0.0170. The van der Waals surface area contributed by atoms with Gasteiger partial charge in [-0.3, -0.25) is 4.79 Å². The fourth-order valence-corrected chi connectivity index (χ4v) is 2.15. The first-order valence-electron chi connectivity index (χ1n) is 6.79. The average Bonchev–Trinajstić information content (AvgIpc) is 2.43. The summed E-state index contributed by atoms with van der Waals surface area (Å²) in [5, 5.41) is 11.4. The molecule has 0 spiro atoms. The molecule has 5 heteroatoms. The first-order chi connectivity index (χ1) is 9.85. The molecular formula is C16H22N2O3. The molecule has 114 valence electrons. The second-order valence-corrected chi connectivity index (χ2v) is 5.13. The zero-order valence-corrected chi connectivity index (χ0v) is 12.9. The molecule has 21 heavy (non-hydrogen) atoms. The zero-order chi connectivity index (χ0) is 16.0. The average molecular weight is 290 g/mol. The van der Waals surface area contributed by atoms with Crippen LogP contribution in [0.15, 0.2) is 24.3 Å². The third-order valence-corrected chi connectivity index (χ3v) is 3.24. The molecule has 0 bridgehead atoms. The summed E-state index contributed by atoms with van der Waals surface area (Å²) in [5.74, 6) is -1.15. The van der Waals surface area contributed by atoms with Gasteiger partial charge in [-0.05, 0) is 30.7 Å². The SMILES string of the molecule is CNC(=O)C(C)CN(C)c1ccc(C)cc1/C=C/C(=O)O. The van der Waals surface area contributed by atoms with Crippen molar-refractivity contribution in [1.29, 1.82) is 0 Å². The number of hydrogen-bond acceptors (Lipinski definition) is 3. The van der Waals surface area contributed by atoms with Crippen molar-refractivity contribution in [2.75, 3.05) is 25.5 Å². The Hall–Kier alpha value is -2.30. The molecule has 1 rings (SSSR count). The van der Waals surface area contributed by atoms with Crippen LogP contribution in [0.2, 0.25) is 0 Å². The molecule has 1 atom stereocenters. The lowest BCUT2D eigenvalue weighted by Gasteiger charge is -2.24. The van der Waals surface area contributed by atoms with Crippen molar-refractivity contribution in [1.82, 2.24) is 5.32 Å². The third kappa shape index (κ3) is 4.95. The van der Waals surface area contributed by atoms with Gasteiger partial charge in [-0.1, -0.05) is 18.6 Å². The van der Waals surface area contributed by atoms with Crippen LogP contribution in [0.4, 0.5) is 5.69 Å². The number of anilines is 1. The van der Waals surface area contributed by atoms with Crippen molar-refractivity contribution in [2.24, 2.45) is 5.92 Å². The number of carboxylic acids is 1. The zero-order valence-electron chi connectivity index (χ0n) is 12.9. The predicted molar refractivity (Wildman–Crippen MR) is 84.3 cm³/mol. The van der Waals surface area contributed by atoms with E-state index in [2.05, 4.69) is 5.32 Å². The van der Waals surface area contributed by atoms with Gasteiger partial charge in [0.05, 0.1) is 5.92 Å². The summed E-state index contributed by atoms with van der Waals surface area (Å²) in [6, 6.07) is 5.83. The van der Waals surface area contributed by atoms with Crippen molar-refractivity contribution >= 4 is 23.6 Å². The maximum atomic E-state index is 11.6. The summed E-state index contributed by atoms with van der Waals surface area (Å²) in [5.41, 5.74) is 2.77. The van der Waals surface area contributed by atoms with Gasteiger partial charge in [0.2, 0.25) is 5.91 Å². The third-order valence-electron chi connectivity index (χ3n) is 3.24. The van der Waals surface area contributed by atoms with Crippen LogP contribution in [-0.2, 0) is 9.59 Å². The topological polar surface area (TPSA) is 69.6 Å². The first kappa shape index (κ1) is 16.8. The van der Waals surface area contributed by atoms with Crippen LogP contribution < -0.4 is 10.2 Å². The number of amides is 1. The second-order valence-electron chi connectivity index (χ2n) is 5.13. The van der Waals surface area contributed by atoms with Crippen LogP contribution in [0.5, 0.6) is 0 Å². The summed E-state index contributed by atoms with van der Waals surface area (Å²) >= 11 is 0. The molecule has 0 fully saturated rings. The van der Waals surface area contributed by atoms with Gasteiger partial charge in [0.1, 0.15) is 0 Å². The summed E-state index contributed by atoms with van der Waals surface area (Å²) in [4.78, 5) is 24.3. The number of carbonyl (C=O) groups is 2. The van der Waals surface area contributed by atoms with Crippen molar-refractivity contribution in [2.45, 2.75) is 13.8 Å². The summed E-state index contributed by atoms with van der Waals surface area (Å²) in [6.45, 7) is 4.36. The number of carboxylic acid groups (broad SMARTS) is 1. The van der Waals surface area contributed by atoms with E-state index < -0.39 is 5.97 Å². The summed E-state index contributed by atoms with van der Waals surface area (Å²) in [6.07, 6.45) is 2.69. The Morgan fingerprint density at radius 2 is 2.10 bits per heavy atom. The quantitative estimate of drug-likeness (QED) is 0.785. The standard InChI is InChI=1S/C16H22N2O3/c1-11-5-7-14(13(9-11)6-8-15(19)20)18(4)10-12(2)16(21)17-3/h5-9,12H,10H2,1-4H3,(H,17,21)(H,19,20)/b8-6+. The Morgan fingerprint density at radius 1 is 1.43 bits per heavy atom. The summed E-state index contributed by atoms with van der Waals surface area (Å²) < 4.78 is 0. The van der Waals surface area contributed by atoms with Gasteiger partial charge in [-0.2, -0.15) is 0 Å². The van der Waals surface area contributed by atoms with E-state index in [1.807, 2.05) is 44.0 Å². The van der Waals surface area contributed by atoms with E-state index in [0.717, 1.165) is 22.9 Å². The molecule has 1 unspecified atom stereocenters. The van der Waals surface area contributed by atoms with Crippen LogP contribution in [0.1, 0.15) is 18.1 Å². The van der Waals surface area contributed by atoms with Gasteiger partial charge < -0.3 is 15.3 Å². The fourth-order valence-electron chi connectivity index (χ4n) is 2.15. The molecule has 0 heterocycles. The number of aliphatic carboxylic acids is 1. The van der Waals surface area contributed by atoms with E-state index in [1.165, 1.54) is 0 Å². The number of nitrogens with zero attached hydrogens (tertiary/aromatic N) is 1. The van der Waals surface area contributed by atoms with E-state index in [9.17, 15) is 9.59 Å². The molecule has 0 aliphatic carbocycles. The maximum Gasteiger partial charge on any atom is 0.328 e. The highest BCUT2D eigenvalue weighted by Crippen LogP contribution is 2.23. The van der Waals surface area contributed by atoms with Crippen LogP contribution >= 0.6 is 0 Å². The van der Waals surface area contributed by atoms with Crippen LogP contribution in [0.3, 0.4) is 0 Å². The van der Waals surface area contributed by atoms with Gasteiger partial charge in [-0.15, -0.1) is 0 Å². The molecule has 1 aromatic rings. The van der Waals surface area contributed by atoms with Crippen molar-refractivity contribution in [3.8, 4) is 0 Å². The number of aryl methyl sites for hydroxylation is 1. The van der Waals surface area contributed by atoms with Crippen molar-refractivity contribution in [3.05, 3.63) is 35.4 Å². The van der Waals surface area contributed by atoms with Gasteiger partial charge in [0.15, 0.2) is 0 Å². The molecular weight excluding hydrogens is 268 g/mol. The molecule has 0 aliphatic rings. The number of benzene rings is 1. The maximum absolute atomic E-state index is 11.6. The number of rotatable bonds is 6. The molecule has 0 aromatic heterocycles. The molecule has 1 aromatic carbocycles. The van der Waals surface area contributed by atoms with Gasteiger partial charge >= 0.3 is 5.97 Å². The van der Waals surface area contributed by atoms with E-state index in [-0.39, 0.29) is 11.8 Å². The monoisotopic (exact) mass is 290 g/mol. The van der Waals surface area contributed by atoms with Crippen LogP contribution in [0.25, 0.3) is 6.08 Å². The Labute approximate surface area is 125 Å². The molecule has 0 saturated heterocycles. The highest BCUT2D eigenvalue weighted by Gasteiger charge is 2.15. The lowest BCUT2D eigenvalue weighted by atomic mass is 10.1. The van der Waals surface area contributed by atoms with Gasteiger partial charge in [-0.25, -0.2) is 4.79 Å². The minimum Gasteiger partial charge on any atom is -0.478 e. The number of nitrogens with one attached hydrogen (secondary N) is 1.